The summed E-state index contributed by atoms with van der Waals surface area (Å²) in [6, 6.07) is 4.89. The predicted molar refractivity (Wildman–Crippen MR) is 60.0 cm³/mol. The zero-order chi connectivity index (χ0) is 13.2. The topological polar surface area (TPSA) is 46.0 Å². The maximum absolute atomic E-state index is 12.5. The van der Waals surface area contributed by atoms with Crippen molar-refractivity contribution in [3.05, 3.63) is 47.3 Å². The molecule has 0 saturated carbocycles. The first-order valence-corrected chi connectivity index (χ1v) is 5.81. The molecule has 1 aromatic carbocycles. The molecule has 0 amide bonds. The normalized spacial score (nSPS) is 13.6. The van der Waals surface area contributed by atoms with E-state index in [1.54, 1.807) is 0 Å². The quantitative estimate of drug-likeness (QED) is 0.936. The van der Waals surface area contributed by atoms with Crippen LogP contribution in [0.2, 0.25) is 0 Å². The minimum Gasteiger partial charge on any atom is -0.386 e. The van der Waals surface area contributed by atoms with E-state index in [-0.39, 0.29) is 6.42 Å². The van der Waals surface area contributed by atoms with E-state index in [2.05, 4.69) is 8.75 Å². The van der Waals surface area contributed by atoms with Crippen molar-refractivity contribution in [2.75, 3.05) is 0 Å². The molecule has 0 aliphatic rings. The lowest BCUT2D eigenvalue weighted by atomic mass is 10.0. The number of aromatic nitrogens is 2. The first kappa shape index (κ1) is 13.0. The molecule has 0 bridgehead atoms. The Morgan fingerprint density at radius 3 is 2.72 bits per heavy atom. The number of hydrogen-bond acceptors (Lipinski definition) is 4. The van der Waals surface area contributed by atoms with E-state index >= 15 is 0 Å². The Morgan fingerprint density at radius 2 is 2.11 bits per heavy atom. The van der Waals surface area contributed by atoms with Crippen LogP contribution in [0.3, 0.4) is 0 Å². The van der Waals surface area contributed by atoms with Gasteiger partial charge < -0.3 is 5.11 Å². The second-order valence-electron chi connectivity index (χ2n) is 3.75. The van der Waals surface area contributed by atoms with E-state index < -0.39 is 17.8 Å². The van der Waals surface area contributed by atoms with Gasteiger partial charge >= 0.3 is 6.18 Å². The van der Waals surface area contributed by atoms with Crippen molar-refractivity contribution >= 4 is 11.7 Å². The van der Waals surface area contributed by atoms with Crippen molar-refractivity contribution in [3.8, 4) is 0 Å². The van der Waals surface area contributed by atoms with Crippen LogP contribution in [0.4, 0.5) is 13.2 Å². The molecule has 7 heteroatoms. The molecule has 96 valence electrons. The molecule has 1 aromatic heterocycles. The molecule has 1 heterocycles. The molecule has 0 spiro atoms. The van der Waals surface area contributed by atoms with Gasteiger partial charge in [0.15, 0.2) is 0 Å². The highest BCUT2D eigenvalue weighted by Crippen LogP contribution is 2.30. The van der Waals surface area contributed by atoms with Gasteiger partial charge in [-0.05, 0) is 11.6 Å². The molecule has 1 N–H and O–H groups in total. The Kier molecular flexibility index (Phi) is 3.63. The van der Waals surface area contributed by atoms with Gasteiger partial charge in [-0.25, -0.2) is 0 Å². The van der Waals surface area contributed by atoms with Gasteiger partial charge in [0, 0.05) is 6.42 Å². The van der Waals surface area contributed by atoms with Crippen LogP contribution in [0.15, 0.2) is 30.5 Å². The summed E-state index contributed by atoms with van der Waals surface area (Å²) in [6.07, 6.45) is -3.83. The lowest BCUT2D eigenvalue weighted by Crippen LogP contribution is -2.07. The summed E-state index contributed by atoms with van der Waals surface area (Å²) in [6.45, 7) is 0. The Bertz CT molecular complexity index is 513. The largest absolute Gasteiger partial charge is 0.416 e. The fourth-order valence-corrected chi connectivity index (χ4v) is 1.99. The van der Waals surface area contributed by atoms with Gasteiger partial charge in [-0.1, -0.05) is 18.2 Å². The summed E-state index contributed by atoms with van der Waals surface area (Å²) in [5.41, 5.74) is 0.0614. The Balaban J connectivity index is 2.15. The number of rotatable bonds is 3. The summed E-state index contributed by atoms with van der Waals surface area (Å²) in [7, 11) is 0. The standard InChI is InChI=1S/C11H9F3N2OS/c12-11(13,14)8-3-1-2-7(4-8)5-10(17)9-6-15-18-16-9/h1-4,6,10,17H,5H2. The van der Waals surface area contributed by atoms with Crippen LogP contribution in [-0.2, 0) is 12.6 Å². The van der Waals surface area contributed by atoms with E-state index in [4.69, 9.17) is 0 Å². The summed E-state index contributed by atoms with van der Waals surface area (Å²) < 4.78 is 45.1. The van der Waals surface area contributed by atoms with Crippen molar-refractivity contribution in [1.29, 1.82) is 0 Å². The van der Waals surface area contributed by atoms with E-state index in [1.165, 1.54) is 18.3 Å². The molecule has 18 heavy (non-hydrogen) atoms. The maximum atomic E-state index is 12.5. The van der Waals surface area contributed by atoms with E-state index in [1.807, 2.05) is 0 Å². The molecular formula is C11H9F3N2OS. The van der Waals surface area contributed by atoms with Crippen molar-refractivity contribution in [3.63, 3.8) is 0 Å². The van der Waals surface area contributed by atoms with Crippen molar-refractivity contribution in [2.45, 2.75) is 18.7 Å². The third-order valence-corrected chi connectivity index (χ3v) is 2.90. The Labute approximate surface area is 105 Å². The van der Waals surface area contributed by atoms with Crippen LogP contribution in [0.25, 0.3) is 0 Å². The minimum absolute atomic E-state index is 0.0787. The average Bonchev–Trinajstić information content (AvgIpc) is 2.81. The predicted octanol–water partition coefficient (Wildman–Crippen LogP) is 2.83. The molecule has 0 saturated heterocycles. The summed E-state index contributed by atoms with van der Waals surface area (Å²) in [5.74, 6) is 0. The highest BCUT2D eigenvalue weighted by molar-refractivity contribution is 6.99. The second-order valence-corrected chi connectivity index (χ2v) is 4.31. The average molecular weight is 274 g/mol. The third kappa shape index (κ3) is 3.05. The van der Waals surface area contributed by atoms with Gasteiger partial charge in [-0.15, -0.1) is 0 Å². The minimum atomic E-state index is -4.37. The molecule has 1 atom stereocenters. The summed E-state index contributed by atoms with van der Waals surface area (Å²) >= 11 is 0.946. The Morgan fingerprint density at radius 1 is 1.33 bits per heavy atom. The smallest absolute Gasteiger partial charge is 0.386 e. The monoisotopic (exact) mass is 274 g/mol. The molecule has 0 aliphatic heterocycles. The highest BCUT2D eigenvalue weighted by atomic mass is 32.1. The van der Waals surface area contributed by atoms with Crippen LogP contribution in [0.5, 0.6) is 0 Å². The number of halogens is 3. The zero-order valence-electron chi connectivity index (χ0n) is 9.05. The van der Waals surface area contributed by atoms with Gasteiger partial charge in [0.25, 0.3) is 0 Å². The van der Waals surface area contributed by atoms with Gasteiger partial charge in [0.05, 0.1) is 23.5 Å². The molecule has 0 aliphatic carbocycles. The number of alkyl halides is 3. The van der Waals surface area contributed by atoms with E-state index in [0.717, 1.165) is 23.9 Å². The van der Waals surface area contributed by atoms with Crippen LogP contribution in [-0.4, -0.2) is 13.9 Å². The Hall–Kier alpha value is -1.47. The first-order chi connectivity index (χ1) is 8.47. The fraction of sp³-hybridized carbons (Fsp3) is 0.273. The second kappa shape index (κ2) is 5.03. The zero-order valence-corrected chi connectivity index (χ0v) is 9.87. The van der Waals surface area contributed by atoms with E-state index in [0.29, 0.717) is 11.3 Å². The number of hydrogen-bond donors (Lipinski definition) is 1. The fourth-order valence-electron chi connectivity index (χ4n) is 1.52. The number of aliphatic hydroxyl groups excluding tert-OH is 1. The summed E-state index contributed by atoms with van der Waals surface area (Å²) in [4.78, 5) is 0. The molecule has 2 rings (SSSR count). The van der Waals surface area contributed by atoms with Crippen molar-refractivity contribution < 1.29 is 18.3 Å². The van der Waals surface area contributed by atoms with Gasteiger partial charge in [0.1, 0.15) is 11.8 Å². The van der Waals surface area contributed by atoms with Crippen molar-refractivity contribution in [2.24, 2.45) is 0 Å². The van der Waals surface area contributed by atoms with Crippen LogP contribution in [0.1, 0.15) is 22.9 Å². The lowest BCUT2D eigenvalue weighted by molar-refractivity contribution is -0.137. The molecule has 0 fully saturated rings. The van der Waals surface area contributed by atoms with Gasteiger partial charge in [-0.2, -0.15) is 21.9 Å². The number of benzene rings is 1. The molecule has 0 radical (unpaired) electrons. The van der Waals surface area contributed by atoms with Crippen LogP contribution in [0, 0.1) is 0 Å². The van der Waals surface area contributed by atoms with Gasteiger partial charge in [0.2, 0.25) is 0 Å². The van der Waals surface area contributed by atoms with Crippen molar-refractivity contribution in [1.82, 2.24) is 8.75 Å². The van der Waals surface area contributed by atoms with Crippen LogP contribution < -0.4 is 0 Å². The molecule has 1 unspecified atom stereocenters. The number of aliphatic hydroxyl groups is 1. The lowest BCUT2D eigenvalue weighted by Gasteiger charge is -2.10. The highest BCUT2D eigenvalue weighted by Gasteiger charge is 2.30. The number of nitrogens with zero attached hydrogens (tertiary/aromatic N) is 2. The van der Waals surface area contributed by atoms with Crippen LogP contribution >= 0.6 is 11.7 Å². The maximum Gasteiger partial charge on any atom is 0.416 e. The van der Waals surface area contributed by atoms with Gasteiger partial charge in [-0.3, -0.25) is 0 Å². The third-order valence-electron chi connectivity index (χ3n) is 2.40. The molecule has 3 nitrogen and oxygen atoms in total. The summed E-state index contributed by atoms with van der Waals surface area (Å²) in [5, 5.41) is 9.78. The SMILES string of the molecule is OC(Cc1cccc(C(F)(F)F)c1)c1cnsn1. The first-order valence-electron chi connectivity index (χ1n) is 5.08. The molecule has 2 aromatic rings. The molecular weight excluding hydrogens is 265 g/mol. The van der Waals surface area contributed by atoms with E-state index in [9.17, 15) is 18.3 Å².